The zero-order valence-corrected chi connectivity index (χ0v) is 20.9. The fraction of sp³-hybridized carbons (Fsp3) is 0.550. The highest BCUT2D eigenvalue weighted by molar-refractivity contribution is 7.93. The molecule has 1 unspecified atom stereocenters. The molecule has 0 bridgehead atoms. The number of rotatable bonds is 9. The van der Waals surface area contributed by atoms with E-state index >= 15 is 0 Å². The molecule has 15 heteroatoms. The number of aromatic nitrogens is 2. The highest BCUT2D eigenvalue weighted by Gasteiger charge is 2.46. The average molecular weight is 535 g/mol. The first-order chi connectivity index (χ1) is 16.5. The van der Waals surface area contributed by atoms with Gasteiger partial charge in [-0.2, -0.15) is 21.6 Å². The molecule has 0 spiro atoms. The first kappa shape index (κ1) is 26.8. The maximum atomic E-state index is 13.0. The number of nitrogens with one attached hydrogen (secondary N) is 1. The Balaban J connectivity index is 1.94. The van der Waals surface area contributed by atoms with Crippen molar-refractivity contribution in [2.24, 2.45) is 10.2 Å². The van der Waals surface area contributed by atoms with Crippen molar-refractivity contribution < 1.29 is 31.1 Å². The Morgan fingerprint density at radius 3 is 2.69 bits per heavy atom. The van der Waals surface area contributed by atoms with Crippen LogP contribution in [0.3, 0.4) is 0 Å². The molecular weight excluding hydrogens is 509 g/mol. The molecule has 0 fully saturated rings. The summed E-state index contributed by atoms with van der Waals surface area (Å²) in [5.74, 6) is -0.668. The van der Waals surface area contributed by atoms with E-state index in [1.165, 1.54) is 12.1 Å². The minimum atomic E-state index is -5.69. The third-order valence-electron chi connectivity index (χ3n) is 5.46. The van der Waals surface area contributed by atoms with Crippen molar-refractivity contribution in [1.29, 1.82) is 0 Å². The summed E-state index contributed by atoms with van der Waals surface area (Å²) in [4.78, 5) is 13.9. The average Bonchev–Trinajstić information content (AvgIpc) is 3.27. The smallest absolute Gasteiger partial charge is 0.460 e. The zero-order chi connectivity index (χ0) is 25.8. The van der Waals surface area contributed by atoms with Gasteiger partial charge < -0.3 is 9.64 Å². The SMILES string of the molecule is CCCCOC(=O)c1nnc(N=Nc2cc3c(cc2NS(=O)(=O)C(F)(F)F)N(C)C(CC)CC3)s1. The Morgan fingerprint density at radius 2 is 2.03 bits per heavy atom. The van der Waals surface area contributed by atoms with Crippen molar-refractivity contribution in [3.63, 3.8) is 0 Å². The van der Waals surface area contributed by atoms with E-state index < -0.39 is 21.5 Å². The number of fused-ring (bicyclic) bond motifs is 1. The Kier molecular flexibility index (Phi) is 8.30. The highest BCUT2D eigenvalue weighted by atomic mass is 32.2. The molecule has 3 rings (SSSR count). The summed E-state index contributed by atoms with van der Waals surface area (Å²) < 4.78 is 69.4. The van der Waals surface area contributed by atoms with Crippen molar-refractivity contribution in [2.75, 3.05) is 23.3 Å². The van der Waals surface area contributed by atoms with E-state index in [0.29, 0.717) is 18.5 Å². The number of hydrogen-bond acceptors (Lipinski definition) is 10. The van der Waals surface area contributed by atoms with Gasteiger partial charge in [0.25, 0.3) is 5.13 Å². The second-order valence-electron chi connectivity index (χ2n) is 7.84. The molecule has 0 aliphatic carbocycles. The number of carbonyl (C=O) groups is 1. The Labute approximate surface area is 204 Å². The van der Waals surface area contributed by atoms with Gasteiger partial charge in [0, 0.05) is 18.8 Å². The van der Waals surface area contributed by atoms with Crippen molar-refractivity contribution >= 4 is 49.5 Å². The van der Waals surface area contributed by atoms with Crippen molar-refractivity contribution in [3.8, 4) is 0 Å². The number of nitrogens with zero attached hydrogens (tertiary/aromatic N) is 5. The number of ether oxygens (including phenoxy) is 1. The molecule has 192 valence electrons. The molecule has 1 atom stereocenters. The number of halogens is 3. The minimum absolute atomic E-state index is 0.0436. The Hall–Kier alpha value is -2.81. The molecule has 1 aromatic carbocycles. The number of alkyl halides is 3. The third kappa shape index (κ3) is 6.25. The fourth-order valence-corrected chi connectivity index (χ4v) is 4.64. The van der Waals surface area contributed by atoms with Crippen LogP contribution in [0.5, 0.6) is 0 Å². The van der Waals surface area contributed by atoms with Crippen LogP contribution in [0, 0.1) is 0 Å². The van der Waals surface area contributed by atoms with E-state index in [4.69, 9.17) is 4.74 Å². The minimum Gasteiger partial charge on any atom is -0.460 e. The van der Waals surface area contributed by atoms with Crippen LogP contribution in [0.1, 0.15) is 54.9 Å². The summed E-state index contributed by atoms with van der Waals surface area (Å²) in [7, 11) is -3.89. The number of unbranched alkanes of at least 4 members (excludes halogenated alkanes) is 1. The Bertz CT molecular complexity index is 1200. The number of carbonyl (C=O) groups excluding carboxylic acids is 1. The molecule has 10 nitrogen and oxygen atoms in total. The molecule has 2 heterocycles. The van der Waals surface area contributed by atoms with Crippen LogP contribution < -0.4 is 9.62 Å². The van der Waals surface area contributed by atoms with Crippen molar-refractivity contribution in [3.05, 3.63) is 22.7 Å². The third-order valence-corrected chi connectivity index (χ3v) is 7.34. The van der Waals surface area contributed by atoms with Crippen LogP contribution in [-0.4, -0.2) is 49.8 Å². The second kappa shape index (κ2) is 10.8. The van der Waals surface area contributed by atoms with Crippen LogP contribution in [-0.2, 0) is 21.2 Å². The summed E-state index contributed by atoms with van der Waals surface area (Å²) in [5, 5.41) is 15.1. The first-order valence-corrected chi connectivity index (χ1v) is 13.2. The molecule has 1 N–H and O–H groups in total. The van der Waals surface area contributed by atoms with Crippen LogP contribution in [0.15, 0.2) is 22.4 Å². The molecule has 1 aliphatic heterocycles. The summed E-state index contributed by atoms with van der Waals surface area (Å²) in [6.07, 6.45) is 3.82. The van der Waals surface area contributed by atoms with Gasteiger partial charge in [0.1, 0.15) is 5.69 Å². The zero-order valence-electron chi connectivity index (χ0n) is 19.3. The van der Waals surface area contributed by atoms with Gasteiger partial charge in [-0.3, -0.25) is 4.72 Å². The normalized spacial score (nSPS) is 16.4. The molecule has 2 aromatic rings. The van der Waals surface area contributed by atoms with Gasteiger partial charge in [0.15, 0.2) is 0 Å². The predicted octanol–water partition coefficient (Wildman–Crippen LogP) is 5.33. The lowest BCUT2D eigenvalue weighted by Gasteiger charge is -2.36. The lowest BCUT2D eigenvalue weighted by atomic mass is 9.94. The molecule has 0 saturated heterocycles. The van der Waals surface area contributed by atoms with Crippen LogP contribution in [0.25, 0.3) is 0 Å². The van der Waals surface area contributed by atoms with Crippen molar-refractivity contribution in [1.82, 2.24) is 10.2 Å². The summed E-state index contributed by atoms with van der Waals surface area (Å²) >= 11 is 0.790. The summed E-state index contributed by atoms with van der Waals surface area (Å²) in [6, 6.07) is 2.99. The molecule has 1 aromatic heterocycles. The number of aryl methyl sites for hydroxylation is 1. The van der Waals surface area contributed by atoms with Crippen LogP contribution in [0.2, 0.25) is 0 Å². The molecule has 35 heavy (non-hydrogen) atoms. The van der Waals surface area contributed by atoms with Gasteiger partial charge in [-0.1, -0.05) is 31.6 Å². The highest BCUT2D eigenvalue weighted by Crippen LogP contribution is 2.40. The van der Waals surface area contributed by atoms with E-state index in [-0.39, 0.29) is 34.2 Å². The predicted molar refractivity (Wildman–Crippen MR) is 125 cm³/mol. The number of esters is 1. The number of hydrogen-bond donors (Lipinski definition) is 1. The quantitative estimate of drug-likeness (QED) is 0.262. The maximum Gasteiger partial charge on any atom is 0.516 e. The standard InChI is InChI=1S/C20H25F3N6O4S2/c1-4-6-9-33-18(30)17-25-27-19(34-17)26-24-14-10-12-7-8-13(5-2)29(3)16(12)11-15(14)28-35(31,32)20(21,22)23/h10-11,13,28H,4-9H2,1-3H3. The fourth-order valence-electron chi connectivity index (χ4n) is 3.51. The van der Waals surface area contributed by atoms with Gasteiger partial charge in [-0.05, 0) is 43.4 Å². The number of benzene rings is 1. The number of sulfonamides is 1. The number of anilines is 2. The van der Waals surface area contributed by atoms with E-state index in [1.807, 2.05) is 18.7 Å². The van der Waals surface area contributed by atoms with Gasteiger partial charge >= 0.3 is 21.5 Å². The summed E-state index contributed by atoms with van der Waals surface area (Å²) in [6.45, 7) is 4.18. The number of azo groups is 1. The lowest BCUT2D eigenvalue weighted by molar-refractivity contribution is -0.0429. The van der Waals surface area contributed by atoms with Gasteiger partial charge in [-0.25, -0.2) is 4.79 Å². The van der Waals surface area contributed by atoms with Gasteiger partial charge in [-0.15, -0.1) is 20.4 Å². The first-order valence-electron chi connectivity index (χ1n) is 10.9. The monoisotopic (exact) mass is 534 g/mol. The van der Waals surface area contributed by atoms with E-state index in [1.54, 1.807) is 11.8 Å². The molecule has 1 aliphatic rings. The van der Waals surface area contributed by atoms with Crippen LogP contribution >= 0.6 is 11.3 Å². The second-order valence-corrected chi connectivity index (χ2v) is 10.5. The Morgan fingerprint density at radius 1 is 1.29 bits per heavy atom. The topological polar surface area (TPSA) is 126 Å². The van der Waals surface area contributed by atoms with Crippen LogP contribution in [0.4, 0.5) is 35.4 Å². The summed E-state index contributed by atoms with van der Waals surface area (Å²) in [5.41, 5.74) is -4.62. The molecular formula is C20H25F3N6O4S2. The van der Waals surface area contributed by atoms with Gasteiger partial charge in [0.05, 0.1) is 12.3 Å². The molecule has 0 saturated carbocycles. The van der Waals surface area contributed by atoms with E-state index in [0.717, 1.165) is 36.2 Å². The van der Waals surface area contributed by atoms with Crippen molar-refractivity contribution in [2.45, 2.75) is 57.5 Å². The van der Waals surface area contributed by atoms with E-state index in [2.05, 4.69) is 20.4 Å². The molecule has 0 amide bonds. The van der Waals surface area contributed by atoms with Gasteiger partial charge in [0.2, 0.25) is 5.01 Å². The van der Waals surface area contributed by atoms with E-state index in [9.17, 15) is 26.4 Å². The largest absolute Gasteiger partial charge is 0.516 e. The molecule has 0 radical (unpaired) electrons. The lowest BCUT2D eigenvalue weighted by Crippen LogP contribution is -2.35. The maximum absolute atomic E-state index is 13.0.